The molecule has 0 N–H and O–H groups in total. The molecule has 0 aromatic heterocycles. The average molecular weight is 212 g/mol. The van der Waals surface area contributed by atoms with E-state index in [1.54, 1.807) is 12.1 Å². The van der Waals surface area contributed by atoms with Crippen LogP contribution < -0.4 is 9.47 Å². The van der Waals surface area contributed by atoms with E-state index in [1.165, 1.54) is 14.2 Å². The Morgan fingerprint density at radius 3 is 2.07 bits per heavy atom. The molecule has 74 valence electrons. The Kier molecular flexibility index (Phi) is 3.61. The molecule has 0 saturated carbocycles. The third kappa shape index (κ3) is 1.91. The van der Waals surface area contributed by atoms with Crippen LogP contribution in [0.4, 0.5) is 0 Å². The van der Waals surface area contributed by atoms with Crippen molar-refractivity contribution in [2.24, 2.45) is 0 Å². The van der Waals surface area contributed by atoms with Crippen molar-refractivity contribution in [2.45, 2.75) is 5.88 Å². The molecule has 0 amide bonds. The predicted molar refractivity (Wildman–Crippen MR) is 53.8 cm³/mol. The van der Waals surface area contributed by atoms with Crippen molar-refractivity contribution in [3.8, 4) is 17.6 Å². The summed E-state index contributed by atoms with van der Waals surface area (Å²) in [6.45, 7) is 0. The number of nitriles is 1. The minimum absolute atomic E-state index is 0.360. The van der Waals surface area contributed by atoms with Crippen molar-refractivity contribution in [2.75, 3.05) is 14.2 Å². The maximum atomic E-state index is 8.88. The Morgan fingerprint density at radius 1 is 1.29 bits per heavy atom. The maximum absolute atomic E-state index is 8.88. The first-order valence-corrected chi connectivity index (χ1v) is 4.51. The first-order valence-electron chi connectivity index (χ1n) is 3.97. The molecule has 1 aromatic carbocycles. The molecule has 0 saturated heterocycles. The SMILES string of the molecule is COc1cc(CCl)cc(OC)c1C#N. The quantitative estimate of drug-likeness (QED) is 0.721. The van der Waals surface area contributed by atoms with Crippen molar-refractivity contribution in [3.05, 3.63) is 23.3 Å². The monoisotopic (exact) mass is 211 g/mol. The van der Waals surface area contributed by atoms with E-state index in [2.05, 4.69) is 0 Å². The number of rotatable bonds is 3. The van der Waals surface area contributed by atoms with E-state index in [4.69, 9.17) is 26.3 Å². The van der Waals surface area contributed by atoms with Gasteiger partial charge in [0.05, 0.1) is 14.2 Å². The third-order valence-electron chi connectivity index (χ3n) is 1.83. The Labute approximate surface area is 87.8 Å². The zero-order valence-corrected chi connectivity index (χ0v) is 8.76. The molecule has 0 unspecified atom stereocenters. The molecule has 1 aromatic rings. The summed E-state index contributed by atoms with van der Waals surface area (Å²) in [5.74, 6) is 1.34. The Morgan fingerprint density at radius 2 is 1.79 bits per heavy atom. The summed E-state index contributed by atoms with van der Waals surface area (Å²) >= 11 is 5.69. The van der Waals surface area contributed by atoms with Crippen molar-refractivity contribution in [1.29, 1.82) is 5.26 Å². The van der Waals surface area contributed by atoms with E-state index in [0.717, 1.165) is 5.56 Å². The molecule has 4 heteroatoms. The second kappa shape index (κ2) is 4.73. The highest BCUT2D eigenvalue weighted by atomic mass is 35.5. The van der Waals surface area contributed by atoms with Gasteiger partial charge < -0.3 is 9.47 Å². The lowest BCUT2D eigenvalue weighted by Crippen LogP contribution is -1.95. The van der Waals surface area contributed by atoms with Gasteiger partial charge in [-0.25, -0.2) is 0 Å². The third-order valence-corrected chi connectivity index (χ3v) is 2.14. The zero-order chi connectivity index (χ0) is 10.6. The van der Waals surface area contributed by atoms with Gasteiger partial charge in [0.25, 0.3) is 0 Å². The molecule has 0 aliphatic heterocycles. The molecular weight excluding hydrogens is 202 g/mol. The lowest BCUT2D eigenvalue weighted by molar-refractivity contribution is 0.391. The van der Waals surface area contributed by atoms with Crippen LogP contribution in [0.25, 0.3) is 0 Å². The second-order valence-corrected chi connectivity index (χ2v) is 2.89. The summed E-state index contributed by atoms with van der Waals surface area (Å²) in [6.07, 6.45) is 0. The predicted octanol–water partition coefficient (Wildman–Crippen LogP) is 2.31. The highest BCUT2D eigenvalue weighted by Crippen LogP contribution is 2.30. The Hall–Kier alpha value is -1.40. The van der Waals surface area contributed by atoms with E-state index in [1.807, 2.05) is 6.07 Å². The number of hydrogen-bond acceptors (Lipinski definition) is 3. The van der Waals surface area contributed by atoms with Crippen molar-refractivity contribution in [1.82, 2.24) is 0 Å². The van der Waals surface area contributed by atoms with E-state index in [-0.39, 0.29) is 0 Å². The number of benzene rings is 1. The van der Waals surface area contributed by atoms with Crippen LogP contribution in [0.2, 0.25) is 0 Å². The minimum atomic E-state index is 0.360. The van der Waals surface area contributed by atoms with Crippen LogP contribution in [0, 0.1) is 11.3 Å². The summed E-state index contributed by atoms with van der Waals surface area (Å²) in [4.78, 5) is 0. The molecule has 0 atom stereocenters. The Bertz CT molecular complexity index is 346. The molecule has 0 aliphatic rings. The van der Waals surface area contributed by atoms with Crippen LogP contribution in [0.1, 0.15) is 11.1 Å². The summed E-state index contributed by atoms with van der Waals surface area (Å²) in [7, 11) is 3.02. The molecule has 0 heterocycles. The average Bonchev–Trinajstić information content (AvgIpc) is 2.26. The van der Waals surface area contributed by atoms with Gasteiger partial charge in [0.2, 0.25) is 0 Å². The molecule has 0 fully saturated rings. The van der Waals surface area contributed by atoms with Gasteiger partial charge in [-0.05, 0) is 17.7 Å². The van der Waals surface area contributed by atoms with Crippen LogP contribution in [-0.4, -0.2) is 14.2 Å². The lowest BCUT2D eigenvalue weighted by Gasteiger charge is -2.09. The minimum Gasteiger partial charge on any atom is -0.495 e. The number of alkyl halides is 1. The summed E-state index contributed by atoms with van der Waals surface area (Å²) in [5, 5.41) is 8.88. The van der Waals surface area contributed by atoms with E-state index < -0.39 is 0 Å². The molecule has 3 nitrogen and oxygen atoms in total. The molecule has 0 radical (unpaired) electrons. The standard InChI is InChI=1S/C10H10ClNO2/c1-13-9-3-7(5-11)4-10(14-2)8(9)6-12/h3-4H,5H2,1-2H3. The van der Waals surface area contributed by atoms with Crippen LogP contribution in [0.15, 0.2) is 12.1 Å². The number of ether oxygens (including phenoxy) is 2. The van der Waals surface area contributed by atoms with Crippen LogP contribution in [0.5, 0.6) is 11.5 Å². The van der Waals surface area contributed by atoms with Crippen molar-refractivity contribution >= 4 is 11.6 Å². The van der Waals surface area contributed by atoms with Gasteiger partial charge in [0.15, 0.2) is 0 Å². The van der Waals surface area contributed by atoms with Gasteiger partial charge in [0, 0.05) is 5.88 Å². The van der Waals surface area contributed by atoms with Gasteiger partial charge in [-0.1, -0.05) is 0 Å². The highest BCUT2D eigenvalue weighted by molar-refractivity contribution is 6.17. The molecule has 0 spiro atoms. The first kappa shape index (κ1) is 10.7. The molecule has 0 bridgehead atoms. The molecule has 1 rings (SSSR count). The van der Waals surface area contributed by atoms with Crippen molar-refractivity contribution in [3.63, 3.8) is 0 Å². The maximum Gasteiger partial charge on any atom is 0.140 e. The second-order valence-electron chi connectivity index (χ2n) is 2.62. The number of methoxy groups -OCH3 is 2. The Balaban J connectivity index is 3.34. The summed E-state index contributed by atoms with van der Waals surface area (Å²) < 4.78 is 10.1. The largest absolute Gasteiger partial charge is 0.495 e. The number of halogens is 1. The van der Waals surface area contributed by atoms with Gasteiger partial charge in [-0.15, -0.1) is 11.6 Å². The fraction of sp³-hybridized carbons (Fsp3) is 0.300. The van der Waals surface area contributed by atoms with Crippen LogP contribution in [-0.2, 0) is 5.88 Å². The van der Waals surface area contributed by atoms with E-state index in [0.29, 0.717) is 22.9 Å². The fourth-order valence-corrected chi connectivity index (χ4v) is 1.31. The van der Waals surface area contributed by atoms with Gasteiger partial charge in [-0.2, -0.15) is 5.26 Å². The number of nitrogens with zero attached hydrogens (tertiary/aromatic N) is 1. The zero-order valence-electron chi connectivity index (χ0n) is 8.00. The fourth-order valence-electron chi connectivity index (χ4n) is 1.15. The summed E-state index contributed by atoms with van der Waals surface area (Å²) in [6, 6.07) is 5.48. The first-order chi connectivity index (χ1) is 6.76. The topological polar surface area (TPSA) is 42.2 Å². The van der Waals surface area contributed by atoms with Gasteiger partial charge in [0.1, 0.15) is 23.1 Å². The normalized spacial score (nSPS) is 9.29. The van der Waals surface area contributed by atoms with Gasteiger partial charge in [-0.3, -0.25) is 0 Å². The molecular formula is C10H10ClNO2. The molecule has 14 heavy (non-hydrogen) atoms. The molecule has 0 aliphatic carbocycles. The summed E-state index contributed by atoms with van der Waals surface area (Å²) in [5.41, 5.74) is 1.25. The van der Waals surface area contributed by atoms with E-state index >= 15 is 0 Å². The highest BCUT2D eigenvalue weighted by Gasteiger charge is 2.11. The van der Waals surface area contributed by atoms with Crippen LogP contribution in [0.3, 0.4) is 0 Å². The van der Waals surface area contributed by atoms with E-state index in [9.17, 15) is 0 Å². The van der Waals surface area contributed by atoms with Crippen molar-refractivity contribution < 1.29 is 9.47 Å². The lowest BCUT2D eigenvalue weighted by atomic mass is 10.1. The number of hydrogen-bond donors (Lipinski definition) is 0. The van der Waals surface area contributed by atoms with Gasteiger partial charge >= 0.3 is 0 Å². The smallest absolute Gasteiger partial charge is 0.140 e. The van der Waals surface area contributed by atoms with Crippen LogP contribution >= 0.6 is 11.6 Å².